The molecule has 2 aromatic carbocycles. The topological polar surface area (TPSA) is 52.5 Å². The smallest absolute Gasteiger partial charge is 0.136 e. The zero-order valence-electron chi connectivity index (χ0n) is 19.5. The second-order valence-corrected chi connectivity index (χ2v) is 8.89. The molecule has 0 aliphatic carbocycles. The van der Waals surface area contributed by atoms with Gasteiger partial charge < -0.3 is 10.0 Å². The molecule has 4 rings (SSSR count). The van der Waals surface area contributed by atoms with E-state index in [1.165, 1.54) is 22.3 Å². The van der Waals surface area contributed by atoms with Gasteiger partial charge in [-0.1, -0.05) is 54.6 Å². The second kappa shape index (κ2) is 10.2. The predicted octanol–water partition coefficient (Wildman–Crippen LogP) is 3.72. The molecule has 5 nitrogen and oxygen atoms in total. The molecule has 1 unspecified atom stereocenters. The van der Waals surface area contributed by atoms with Crippen LogP contribution in [0.3, 0.4) is 0 Å². The number of anilines is 1. The van der Waals surface area contributed by atoms with E-state index in [0.717, 1.165) is 49.9 Å². The Labute approximate surface area is 191 Å². The van der Waals surface area contributed by atoms with Crippen LogP contribution in [-0.4, -0.2) is 58.8 Å². The molecule has 168 valence electrons. The summed E-state index contributed by atoms with van der Waals surface area (Å²) < 4.78 is 0. The first-order valence-corrected chi connectivity index (χ1v) is 11.6. The molecule has 5 heteroatoms. The van der Waals surface area contributed by atoms with Crippen LogP contribution in [0.15, 0.2) is 54.6 Å². The number of aryl methyl sites for hydroxylation is 3. The van der Waals surface area contributed by atoms with Gasteiger partial charge in [0.2, 0.25) is 0 Å². The van der Waals surface area contributed by atoms with E-state index in [-0.39, 0.29) is 6.10 Å². The Bertz CT molecular complexity index is 1030. The van der Waals surface area contributed by atoms with E-state index in [0.29, 0.717) is 13.0 Å². The fraction of sp³-hybridized carbons (Fsp3) is 0.407. The Balaban J connectivity index is 1.42. The van der Waals surface area contributed by atoms with Crippen molar-refractivity contribution in [1.29, 1.82) is 0 Å². The number of aromatic nitrogens is 2. The molecule has 0 amide bonds. The van der Waals surface area contributed by atoms with E-state index in [1.807, 2.05) is 25.1 Å². The number of rotatable bonds is 7. The minimum Gasteiger partial charge on any atom is -0.391 e. The van der Waals surface area contributed by atoms with Crippen molar-refractivity contribution in [3.63, 3.8) is 0 Å². The molecule has 32 heavy (non-hydrogen) atoms. The van der Waals surface area contributed by atoms with Crippen LogP contribution in [0, 0.1) is 20.8 Å². The van der Waals surface area contributed by atoms with E-state index in [4.69, 9.17) is 4.98 Å². The fourth-order valence-corrected chi connectivity index (χ4v) is 4.58. The monoisotopic (exact) mass is 430 g/mol. The number of β-amino-alcohol motifs (C(OH)–C–C–N with tert-alkyl or cyclic N) is 1. The van der Waals surface area contributed by atoms with Gasteiger partial charge in [0.05, 0.1) is 6.10 Å². The third-order valence-electron chi connectivity index (χ3n) is 6.39. The Morgan fingerprint density at radius 2 is 1.56 bits per heavy atom. The first-order chi connectivity index (χ1) is 15.5. The molecule has 0 bridgehead atoms. The maximum Gasteiger partial charge on any atom is 0.136 e. The van der Waals surface area contributed by atoms with Crippen LogP contribution in [0.5, 0.6) is 0 Å². The van der Waals surface area contributed by atoms with Crippen LogP contribution < -0.4 is 4.90 Å². The van der Waals surface area contributed by atoms with Crippen LogP contribution >= 0.6 is 0 Å². The quantitative estimate of drug-likeness (QED) is 0.619. The zero-order chi connectivity index (χ0) is 22.5. The average Bonchev–Trinajstić information content (AvgIpc) is 2.78. The summed E-state index contributed by atoms with van der Waals surface area (Å²) in [5.74, 6) is 1.90. The standard InChI is InChI=1S/C27H34N4O/c1-20-9-7-8-12-24(20)18-26-21(2)28-22(3)29-27(26)31-15-13-30(14-16-31)19-25(32)17-23-10-5-4-6-11-23/h4-12,25,32H,13-19H2,1-3H3. The van der Waals surface area contributed by atoms with Gasteiger partial charge in [-0.25, -0.2) is 9.97 Å². The highest BCUT2D eigenvalue weighted by atomic mass is 16.3. The van der Waals surface area contributed by atoms with Crippen LogP contribution in [0.25, 0.3) is 0 Å². The van der Waals surface area contributed by atoms with Gasteiger partial charge in [0.15, 0.2) is 0 Å². The van der Waals surface area contributed by atoms with Gasteiger partial charge in [0.1, 0.15) is 11.6 Å². The van der Waals surface area contributed by atoms with Gasteiger partial charge in [0, 0.05) is 50.4 Å². The van der Waals surface area contributed by atoms with Crippen molar-refractivity contribution in [2.45, 2.75) is 39.7 Å². The molecule has 1 saturated heterocycles. The van der Waals surface area contributed by atoms with Crippen molar-refractivity contribution in [2.75, 3.05) is 37.6 Å². The molecule has 1 N–H and O–H groups in total. The van der Waals surface area contributed by atoms with Gasteiger partial charge in [-0.15, -0.1) is 0 Å². The number of aliphatic hydroxyl groups excluding tert-OH is 1. The maximum atomic E-state index is 10.6. The van der Waals surface area contributed by atoms with E-state index in [1.54, 1.807) is 0 Å². The summed E-state index contributed by atoms with van der Waals surface area (Å²) in [5.41, 5.74) is 6.10. The van der Waals surface area contributed by atoms with Gasteiger partial charge in [-0.3, -0.25) is 4.90 Å². The van der Waals surface area contributed by atoms with E-state index >= 15 is 0 Å². The number of hydrogen-bond acceptors (Lipinski definition) is 5. The SMILES string of the molecule is Cc1nc(C)c(Cc2ccccc2C)c(N2CCN(CC(O)Cc3ccccc3)CC2)n1. The van der Waals surface area contributed by atoms with Crippen LogP contribution in [-0.2, 0) is 12.8 Å². The summed E-state index contributed by atoms with van der Waals surface area (Å²) in [4.78, 5) is 14.3. The molecular weight excluding hydrogens is 396 g/mol. The highest BCUT2D eigenvalue weighted by Gasteiger charge is 2.23. The highest BCUT2D eigenvalue weighted by Crippen LogP contribution is 2.26. The van der Waals surface area contributed by atoms with Crippen molar-refractivity contribution in [3.05, 3.63) is 88.4 Å². The minimum absolute atomic E-state index is 0.343. The van der Waals surface area contributed by atoms with Crippen LogP contribution in [0.2, 0.25) is 0 Å². The van der Waals surface area contributed by atoms with E-state index in [2.05, 4.69) is 65.0 Å². The lowest BCUT2D eigenvalue weighted by atomic mass is 9.99. The molecule has 2 heterocycles. The predicted molar refractivity (Wildman–Crippen MR) is 130 cm³/mol. The highest BCUT2D eigenvalue weighted by molar-refractivity contribution is 5.52. The lowest BCUT2D eigenvalue weighted by Crippen LogP contribution is -2.49. The van der Waals surface area contributed by atoms with Crippen molar-refractivity contribution >= 4 is 5.82 Å². The Morgan fingerprint density at radius 3 is 2.28 bits per heavy atom. The summed E-state index contributed by atoms with van der Waals surface area (Å²) in [6.07, 6.45) is 1.21. The lowest BCUT2D eigenvalue weighted by Gasteiger charge is -2.37. The van der Waals surface area contributed by atoms with Crippen molar-refractivity contribution in [2.24, 2.45) is 0 Å². The summed E-state index contributed by atoms with van der Waals surface area (Å²) in [6, 6.07) is 18.8. The average molecular weight is 431 g/mol. The molecule has 0 saturated carbocycles. The molecule has 0 radical (unpaired) electrons. The first-order valence-electron chi connectivity index (χ1n) is 11.6. The Kier molecular flexibility index (Phi) is 7.18. The molecule has 0 spiro atoms. The molecule has 1 aliphatic rings. The molecular formula is C27H34N4O. The largest absolute Gasteiger partial charge is 0.391 e. The number of hydrogen-bond donors (Lipinski definition) is 1. The number of nitrogens with zero attached hydrogens (tertiary/aromatic N) is 4. The Hall–Kier alpha value is -2.76. The van der Waals surface area contributed by atoms with E-state index in [9.17, 15) is 5.11 Å². The molecule has 1 atom stereocenters. The summed E-state index contributed by atoms with van der Waals surface area (Å²) >= 11 is 0. The summed E-state index contributed by atoms with van der Waals surface area (Å²) in [6.45, 7) is 10.6. The zero-order valence-corrected chi connectivity index (χ0v) is 19.5. The first kappa shape index (κ1) is 22.4. The van der Waals surface area contributed by atoms with Crippen LogP contribution in [0.4, 0.5) is 5.82 Å². The van der Waals surface area contributed by atoms with Gasteiger partial charge >= 0.3 is 0 Å². The van der Waals surface area contributed by atoms with E-state index < -0.39 is 0 Å². The normalized spacial score (nSPS) is 15.7. The third-order valence-corrected chi connectivity index (χ3v) is 6.39. The van der Waals surface area contributed by atoms with Crippen LogP contribution in [0.1, 0.15) is 33.8 Å². The van der Waals surface area contributed by atoms with Gasteiger partial charge in [-0.05, 0) is 43.9 Å². The number of aliphatic hydroxyl groups is 1. The van der Waals surface area contributed by atoms with Gasteiger partial charge in [0.25, 0.3) is 0 Å². The summed E-state index contributed by atoms with van der Waals surface area (Å²) in [7, 11) is 0. The molecule has 1 aromatic heterocycles. The number of benzene rings is 2. The van der Waals surface area contributed by atoms with Crippen molar-refractivity contribution in [3.8, 4) is 0 Å². The summed E-state index contributed by atoms with van der Waals surface area (Å²) in [5, 5.41) is 10.6. The molecule has 1 aliphatic heterocycles. The molecule has 1 fully saturated rings. The number of piperazine rings is 1. The second-order valence-electron chi connectivity index (χ2n) is 8.89. The Morgan fingerprint density at radius 1 is 0.875 bits per heavy atom. The molecule has 3 aromatic rings. The van der Waals surface area contributed by atoms with Crippen molar-refractivity contribution in [1.82, 2.24) is 14.9 Å². The van der Waals surface area contributed by atoms with Gasteiger partial charge in [-0.2, -0.15) is 0 Å². The minimum atomic E-state index is -0.343. The third kappa shape index (κ3) is 5.53. The van der Waals surface area contributed by atoms with Crippen molar-refractivity contribution < 1.29 is 5.11 Å². The fourth-order valence-electron chi connectivity index (χ4n) is 4.58. The maximum absolute atomic E-state index is 10.6. The lowest BCUT2D eigenvalue weighted by molar-refractivity contribution is 0.109.